The summed E-state index contributed by atoms with van der Waals surface area (Å²) >= 11 is 0. The van der Waals surface area contributed by atoms with Crippen molar-refractivity contribution in [3.63, 3.8) is 0 Å². The summed E-state index contributed by atoms with van der Waals surface area (Å²) < 4.78 is 9.23. The lowest BCUT2D eigenvalue weighted by atomic mass is 10.1. The van der Waals surface area contributed by atoms with Gasteiger partial charge in [-0.15, -0.1) is 0 Å². The van der Waals surface area contributed by atoms with Crippen molar-refractivity contribution in [1.82, 2.24) is 5.32 Å². The first-order valence-electron chi connectivity index (χ1n) is 5.40. The Hall–Kier alpha value is -2.28. The molecular formula is C12H15NO6. The van der Waals surface area contributed by atoms with E-state index in [0.29, 0.717) is 5.75 Å². The molecule has 3 N–H and O–H groups in total. The van der Waals surface area contributed by atoms with Crippen LogP contribution in [0.25, 0.3) is 0 Å². The van der Waals surface area contributed by atoms with Crippen molar-refractivity contribution in [3.8, 4) is 11.5 Å². The summed E-state index contributed by atoms with van der Waals surface area (Å²) in [5.74, 6) is -1.32. The number of esters is 1. The number of aliphatic hydroxyl groups excluding tert-OH is 1. The Morgan fingerprint density at radius 3 is 2.63 bits per heavy atom. The van der Waals surface area contributed by atoms with Crippen LogP contribution in [-0.4, -0.2) is 49.0 Å². The molecule has 1 unspecified atom stereocenters. The van der Waals surface area contributed by atoms with Crippen LogP contribution < -0.4 is 10.1 Å². The lowest BCUT2D eigenvalue weighted by Crippen LogP contribution is -2.37. The molecule has 1 aromatic carbocycles. The fraction of sp³-hybridized carbons (Fsp3) is 0.333. The molecule has 7 heteroatoms. The van der Waals surface area contributed by atoms with Crippen LogP contribution >= 0.6 is 0 Å². The van der Waals surface area contributed by atoms with Crippen LogP contribution in [0.4, 0.5) is 0 Å². The SMILES string of the molecule is COC(=O)C(O)CNC(=O)c1cc(OC)ccc1O. The Kier molecular flexibility index (Phi) is 5.13. The van der Waals surface area contributed by atoms with Crippen LogP contribution in [0.15, 0.2) is 18.2 Å². The van der Waals surface area contributed by atoms with Crippen LogP contribution in [0.1, 0.15) is 10.4 Å². The summed E-state index contributed by atoms with van der Waals surface area (Å²) in [5.41, 5.74) is -0.0172. The Morgan fingerprint density at radius 1 is 1.37 bits per heavy atom. The van der Waals surface area contributed by atoms with Crippen molar-refractivity contribution in [2.75, 3.05) is 20.8 Å². The molecule has 104 valence electrons. The van der Waals surface area contributed by atoms with Crippen LogP contribution in [-0.2, 0) is 9.53 Å². The van der Waals surface area contributed by atoms with Crippen LogP contribution in [0.5, 0.6) is 11.5 Å². The molecule has 0 radical (unpaired) electrons. The minimum Gasteiger partial charge on any atom is -0.507 e. The molecule has 0 bridgehead atoms. The Labute approximate surface area is 109 Å². The van der Waals surface area contributed by atoms with Gasteiger partial charge < -0.3 is 25.0 Å². The second kappa shape index (κ2) is 6.60. The van der Waals surface area contributed by atoms with Gasteiger partial charge in [-0.25, -0.2) is 4.79 Å². The normalized spacial score (nSPS) is 11.5. The second-order valence-corrected chi connectivity index (χ2v) is 3.63. The van der Waals surface area contributed by atoms with E-state index < -0.39 is 18.0 Å². The molecule has 0 saturated heterocycles. The number of carbonyl (C=O) groups excluding carboxylic acids is 2. The average molecular weight is 269 g/mol. The van der Waals surface area contributed by atoms with Gasteiger partial charge in [0.1, 0.15) is 11.5 Å². The van der Waals surface area contributed by atoms with Gasteiger partial charge in [0, 0.05) is 0 Å². The van der Waals surface area contributed by atoms with Gasteiger partial charge in [0.25, 0.3) is 5.91 Å². The third kappa shape index (κ3) is 3.85. The molecule has 7 nitrogen and oxygen atoms in total. The molecule has 0 aliphatic heterocycles. The molecule has 0 saturated carbocycles. The number of methoxy groups -OCH3 is 2. The number of carbonyl (C=O) groups is 2. The number of aliphatic hydroxyl groups is 1. The van der Waals surface area contributed by atoms with Gasteiger partial charge in [-0.3, -0.25) is 4.79 Å². The van der Waals surface area contributed by atoms with Gasteiger partial charge >= 0.3 is 5.97 Å². The van der Waals surface area contributed by atoms with Crippen LogP contribution in [0.3, 0.4) is 0 Å². The first-order valence-corrected chi connectivity index (χ1v) is 5.40. The number of nitrogens with one attached hydrogen (secondary N) is 1. The summed E-state index contributed by atoms with van der Waals surface area (Å²) in [7, 11) is 2.55. The predicted molar refractivity (Wildman–Crippen MR) is 65.0 cm³/mol. The summed E-state index contributed by atoms with van der Waals surface area (Å²) in [6, 6.07) is 4.15. The smallest absolute Gasteiger partial charge is 0.336 e. The average Bonchev–Trinajstić information content (AvgIpc) is 2.43. The van der Waals surface area contributed by atoms with E-state index in [1.165, 1.54) is 25.3 Å². The highest BCUT2D eigenvalue weighted by Gasteiger charge is 2.18. The summed E-state index contributed by atoms with van der Waals surface area (Å²) in [6.07, 6.45) is -1.46. The zero-order valence-electron chi connectivity index (χ0n) is 10.5. The third-order valence-electron chi connectivity index (χ3n) is 2.38. The number of rotatable bonds is 5. The molecule has 0 aliphatic carbocycles. The van der Waals surface area contributed by atoms with E-state index in [2.05, 4.69) is 10.1 Å². The van der Waals surface area contributed by atoms with E-state index in [9.17, 15) is 19.8 Å². The first-order chi connectivity index (χ1) is 8.99. The van der Waals surface area contributed by atoms with Crippen molar-refractivity contribution in [1.29, 1.82) is 0 Å². The summed E-state index contributed by atoms with van der Waals surface area (Å²) in [5, 5.41) is 21.2. The number of hydrogen-bond acceptors (Lipinski definition) is 6. The van der Waals surface area contributed by atoms with E-state index in [4.69, 9.17) is 4.74 Å². The summed E-state index contributed by atoms with van der Waals surface area (Å²) in [6.45, 7) is -0.317. The number of aromatic hydroxyl groups is 1. The largest absolute Gasteiger partial charge is 0.507 e. The maximum Gasteiger partial charge on any atom is 0.336 e. The predicted octanol–water partition coefficient (Wildman–Crippen LogP) is -0.336. The molecule has 1 aromatic rings. The molecule has 0 aromatic heterocycles. The van der Waals surface area contributed by atoms with E-state index in [1.54, 1.807) is 0 Å². The fourth-order valence-corrected chi connectivity index (χ4v) is 1.33. The molecular weight excluding hydrogens is 254 g/mol. The molecule has 1 atom stereocenters. The number of benzene rings is 1. The van der Waals surface area contributed by atoms with Crippen molar-refractivity contribution >= 4 is 11.9 Å². The number of amides is 1. The molecule has 0 aliphatic rings. The molecule has 0 heterocycles. The van der Waals surface area contributed by atoms with Crippen LogP contribution in [0, 0.1) is 0 Å². The third-order valence-corrected chi connectivity index (χ3v) is 2.38. The second-order valence-electron chi connectivity index (χ2n) is 3.63. The zero-order chi connectivity index (χ0) is 14.4. The highest BCUT2D eigenvalue weighted by Crippen LogP contribution is 2.22. The maximum atomic E-state index is 11.8. The first kappa shape index (κ1) is 14.8. The van der Waals surface area contributed by atoms with Crippen molar-refractivity contribution < 1.29 is 29.3 Å². The minimum atomic E-state index is -1.46. The topological polar surface area (TPSA) is 105 Å². The molecule has 0 spiro atoms. The lowest BCUT2D eigenvalue weighted by Gasteiger charge is -2.11. The molecule has 0 fully saturated rings. The molecule has 19 heavy (non-hydrogen) atoms. The van der Waals surface area contributed by atoms with Crippen LogP contribution in [0.2, 0.25) is 0 Å². The molecule has 1 rings (SSSR count). The van der Waals surface area contributed by atoms with Gasteiger partial charge in [-0.05, 0) is 18.2 Å². The monoisotopic (exact) mass is 269 g/mol. The van der Waals surface area contributed by atoms with Crippen molar-refractivity contribution in [2.24, 2.45) is 0 Å². The number of ether oxygens (including phenoxy) is 2. The van der Waals surface area contributed by atoms with E-state index >= 15 is 0 Å². The zero-order valence-corrected chi connectivity index (χ0v) is 10.5. The number of phenols is 1. The Balaban J connectivity index is 2.70. The van der Waals surface area contributed by atoms with Gasteiger partial charge in [0.05, 0.1) is 26.3 Å². The minimum absolute atomic E-state index is 0.0172. The Bertz CT molecular complexity index is 473. The van der Waals surface area contributed by atoms with Gasteiger partial charge in [-0.2, -0.15) is 0 Å². The summed E-state index contributed by atoms with van der Waals surface area (Å²) in [4.78, 5) is 22.7. The quantitative estimate of drug-likeness (QED) is 0.632. The molecule has 1 amide bonds. The number of hydrogen-bond donors (Lipinski definition) is 3. The van der Waals surface area contributed by atoms with Crippen molar-refractivity contribution in [3.05, 3.63) is 23.8 Å². The maximum absolute atomic E-state index is 11.8. The lowest BCUT2D eigenvalue weighted by molar-refractivity contribution is -0.149. The number of phenolic OH excluding ortho intramolecular Hbond substituents is 1. The van der Waals surface area contributed by atoms with Crippen molar-refractivity contribution in [2.45, 2.75) is 6.10 Å². The highest BCUT2D eigenvalue weighted by molar-refractivity contribution is 5.97. The standard InChI is InChI=1S/C12H15NO6/c1-18-7-3-4-9(14)8(5-7)11(16)13-6-10(15)12(17)19-2/h3-5,10,14-15H,6H2,1-2H3,(H,13,16). The van der Waals surface area contributed by atoms with E-state index in [0.717, 1.165) is 7.11 Å². The highest BCUT2D eigenvalue weighted by atomic mass is 16.5. The van der Waals surface area contributed by atoms with E-state index in [-0.39, 0.29) is 17.9 Å². The fourth-order valence-electron chi connectivity index (χ4n) is 1.33. The van der Waals surface area contributed by atoms with Gasteiger partial charge in [0.2, 0.25) is 0 Å². The van der Waals surface area contributed by atoms with E-state index in [1.807, 2.05) is 0 Å². The van der Waals surface area contributed by atoms with Gasteiger partial charge in [0.15, 0.2) is 6.10 Å². The Morgan fingerprint density at radius 2 is 2.05 bits per heavy atom. The van der Waals surface area contributed by atoms with Gasteiger partial charge in [-0.1, -0.05) is 0 Å².